The van der Waals surface area contributed by atoms with Gasteiger partial charge in [0.15, 0.2) is 0 Å². The molecule has 15 heteroatoms. The van der Waals surface area contributed by atoms with E-state index in [9.17, 15) is 31.1 Å². The predicted octanol–water partition coefficient (Wildman–Crippen LogP) is 2.27. The van der Waals surface area contributed by atoms with Crippen LogP contribution in [0.4, 0.5) is 26.3 Å². The zero-order valence-corrected chi connectivity index (χ0v) is 18.3. The van der Waals surface area contributed by atoms with Crippen LogP contribution < -0.4 is 5.32 Å². The fourth-order valence-corrected chi connectivity index (χ4v) is 4.21. The van der Waals surface area contributed by atoms with Crippen molar-refractivity contribution in [3.63, 3.8) is 0 Å². The number of halogens is 6. The summed E-state index contributed by atoms with van der Waals surface area (Å²) in [5.41, 5.74) is 1.41. The highest BCUT2D eigenvalue weighted by atomic mass is 32.1. The summed E-state index contributed by atoms with van der Waals surface area (Å²) >= 11 is 1.76. The van der Waals surface area contributed by atoms with Gasteiger partial charge < -0.3 is 15.5 Å². The van der Waals surface area contributed by atoms with Gasteiger partial charge in [-0.05, 0) is 41.8 Å². The Morgan fingerprint density at radius 2 is 1.61 bits per heavy atom. The van der Waals surface area contributed by atoms with Crippen LogP contribution >= 0.6 is 11.3 Å². The third-order valence-electron chi connectivity index (χ3n) is 5.04. The Bertz CT molecular complexity index is 778. The summed E-state index contributed by atoms with van der Waals surface area (Å²) in [6.07, 6.45) is -9.17. The number of likely N-dealkylation sites (N-methyl/N-ethyl adjacent to an activating group) is 2. The van der Waals surface area contributed by atoms with Crippen molar-refractivity contribution in [2.75, 3.05) is 27.2 Å². The molecule has 33 heavy (non-hydrogen) atoms. The molecule has 2 saturated heterocycles. The standard InChI is InChI=1S/C14H21N3OS.2C2HF3O2/c1-15-14(18)12-5-11-7-17(8-13(11)16(12)2)6-10-3-4-19-9-10;2*3-2(4,5)1(6)7/h3-4,9,11-13H,5-8H2,1-2H3,(H,15,18);2*(H,6,7)/t11-,12-,13+;;/m1../s1. The number of thiophene rings is 1. The van der Waals surface area contributed by atoms with E-state index in [1.807, 2.05) is 0 Å². The van der Waals surface area contributed by atoms with E-state index in [0.29, 0.717) is 12.0 Å². The van der Waals surface area contributed by atoms with Crippen molar-refractivity contribution in [3.05, 3.63) is 22.4 Å². The fourth-order valence-electron chi connectivity index (χ4n) is 3.55. The highest BCUT2D eigenvalue weighted by molar-refractivity contribution is 7.07. The summed E-state index contributed by atoms with van der Waals surface area (Å²) in [6, 6.07) is 2.82. The lowest BCUT2D eigenvalue weighted by atomic mass is 10.0. The average Bonchev–Trinajstić information content (AvgIpc) is 3.40. The largest absolute Gasteiger partial charge is 0.490 e. The minimum absolute atomic E-state index is 0.0725. The Balaban J connectivity index is 0.000000324. The van der Waals surface area contributed by atoms with Crippen molar-refractivity contribution in [1.29, 1.82) is 0 Å². The molecule has 3 heterocycles. The zero-order valence-electron chi connectivity index (χ0n) is 17.5. The number of carbonyl (C=O) groups excluding carboxylic acids is 1. The second-order valence-corrected chi connectivity index (χ2v) is 8.07. The quantitative estimate of drug-likeness (QED) is 0.539. The van der Waals surface area contributed by atoms with Crippen LogP contribution in [0.1, 0.15) is 12.0 Å². The fraction of sp³-hybridized carbons (Fsp3) is 0.611. The van der Waals surface area contributed by atoms with Gasteiger partial charge in [-0.15, -0.1) is 0 Å². The summed E-state index contributed by atoms with van der Waals surface area (Å²) in [5, 5.41) is 21.4. The topological polar surface area (TPSA) is 110 Å². The van der Waals surface area contributed by atoms with Crippen LogP contribution in [0.15, 0.2) is 16.8 Å². The zero-order chi connectivity index (χ0) is 25.6. The van der Waals surface area contributed by atoms with E-state index in [0.717, 1.165) is 26.1 Å². The Hall–Kier alpha value is -2.39. The monoisotopic (exact) mass is 507 g/mol. The number of nitrogens with zero attached hydrogens (tertiary/aromatic N) is 2. The molecule has 0 saturated carbocycles. The molecule has 188 valence electrons. The van der Waals surface area contributed by atoms with E-state index in [2.05, 4.69) is 39.0 Å². The van der Waals surface area contributed by atoms with Crippen molar-refractivity contribution in [1.82, 2.24) is 15.1 Å². The van der Waals surface area contributed by atoms with Crippen LogP contribution in [-0.2, 0) is 20.9 Å². The Kier molecular flexibility index (Phi) is 10.1. The minimum Gasteiger partial charge on any atom is -0.475 e. The number of amides is 1. The van der Waals surface area contributed by atoms with E-state index in [1.165, 1.54) is 5.56 Å². The molecule has 3 N–H and O–H groups in total. The minimum atomic E-state index is -5.08. The number of likely N-dealkylation sites (tertiary alicyclic amines) is 2. The molecule has 1 aromatic rings. The third-order valence-corrected chi connectivity index (χ3v) is 5.78. The van der Waals surface area contributed by atoms with Crippen molar-refractivity contribution in [2.45, 2.75) is 37.4 Å². The van der Waals surface area contributed by atoms with Crippen LogP contribution in [0.25, 0.3) is 0 Å². The summed E-state index contributed by atoms with van der Waals surface area (Å²) in [5.74, 6) is -4.70. The Labute approximate surface area is 188 Å². The maximum absolute atomic E-state index is 11.8. The van der Waals surface area contributed by atoms with Gasteiger partial charge in [0.25, 0.3) is 0 Å². The Morgan fingerprint density at radius 3 is 1.97 bits per heavy atom. The normalized spacial score (nSPS) is 23.0. The molecule has 1 aromatic heterocycles. The summed E-state index contributed by atoms with van der Waals surface area (Å²) in [7, 11) is 3.83. The van der Waals surface area contributed by atoms with Gasteiger partial charge in [-0.2, -0.15) is 37.7 Å². The first-order chi connectivity index (χ1) is 15.1. The summed E-state index contributed by atoms with van der Waals surface area (Å²) in [6.45, 7) is 3.26. The van der Waals surface area contributed by atoms with Crippen LogP contribution in [0.2, 0.25) is 0 Å². The molecule has 2 fully saturated rings. The highest BCUT2D eigenvalue weighted by Gasteiger charge is 2.46. The second-order valence-electron chi connectivity index (χ2n) is 7.29. The van der Waals surface area contributed by atoms with Crippen molar-refractivity contribution < 1.29 is 50.9 Å². The van der Waals surface area contributed by atoms with Gasteiger partial charge in [-0.1, -0.05) is 0 Å². The van der Waals surface area contributed by atoms with Crippen LogP contribution in [0.5, 0.6) is 0 Å². The molecule has 0 radical (unpaired) electrons. The highest BCUT2D eigenvalue weighted by Crippen LogP contribution is 2.35. The lowest BCUT2D eigenvalue weighted by Gasteiger charge is -2.25. The molecule has 0 aromatic carbocycles. The molecule has 3 atom stereocenters. The molecule has 0 aliphatic carbocycles. The number of carbonyl (C=O) groups is 3. The number of carboxylic acids is 2. The maximum atomic E-state index is 11.8. The molecule has 1 amide bonds. The third kappa shape index (κ3) is 8.81. The first kappa shape index (κ1) is 28.6. The van der Waals surface area contributed by atoms with E-state index in [1.54, 1.807) is 18.4 Å². The molecule has 2 aliphatic rings. The number of hydrogen-bond acceptors (Lipinski definition) is 6. The molecule has 0 bridgehead atoms. The number of carboxylic acid groups (broad SMARTS) is 2. The van der Waals surface area contributed by atoms with Gasteiger partial charge >= 0.3 is 24.3 Å². The molecule has 0 spiro atoms. The SMILES string of the molecule is CNC(=O)[C@H]1C[C@@H]2CN(Cc3ccsc3)C[C@@H]2N1C.O=C(O)C(F)(F)F.O=C(O)C(F)(F)F. The van der Waals surface area contributed by atoms with Gasteiger partial charge in [0.2, 0.25) is 5.91 Å². The van der Waals surface area contributed by atoms with Gasteiger partial charge in [-0.25, -0.2) is 9.59 Å². The summed E-state index contributed by atoms with van der Waals surface area (Å²) in [4.78, 5) is 34.4. The van der Waals surface area contributed by atoms with Crippen LogP contribution in [-0.4, -0.2) is 89.5 Å². The van der Waals surface area contributed by atoms with Gasteiger partial charge in [-0.3, -0.25) is 14.6 Å². The number of aliphatic carboxylic acids is 2. The van der Waals surface area contributed by atoms with Crippen molar-refractivity contribution >= 4 is 29.2 Å². The van der Waals surface area contributed by atoms with E-state index < -0.39 is 24.3 Å². The first-order valence-electron chi connectivity index (χ1n) is 9.35. The second kappa shape index (κ2) is 11.7. The smallest absolute Gasteiger partial charge is 0.475 e. The molecule has 0 unspecified atom stereocenters. The van der Waals surface area contributed by atoms with Crippen LogP contribution in [0, 0.1) is 5.92 Å². The van der Waals surface area contributed by atoms with Gasteiger partial charge in [0.05, 0.1) is 6.04 Å². The number of fused-ring (bicyclic) bond motifs is 1. The Morgan fingerprint density at radius 1 is 1.09 bits per heavy atom. The number of hydrogen-bond donors (Lipinski definition) is 3. The predicted molar refractivity (Wildman–Crippen MR) is 104 cm³/mol. The molecular weight excluding hydrogens is 484 g/mol. The van der Waals surface area contributed by atoms with Crippen LogP contribution in [0.3, 0.4) is 0 Å². The maximum Gasteiger partial charge on any atom is 0.490 e. The number of alkyl halides is 6. The van der Waals surface area contributed by atoms with Crippen molar-refractivity contribution in [3.8, 4) is 0 Å². The lowest BCUT2D eigenvalue weighted by Crippen LogP contribution is -2.44. The molecule has 3 rings (SSSR count). The van der Waals surface area contributed by atoms with Gasteiger partial charge in [0.1, 0.15) is 0 Å². The first-order valence-corrected chi connectivity index (χ1v) is 10.3. The average molecular weight is 507 g/mol. The molecular formula is C18H23F6N3O5S. The van der Waals surface area contributed by atoms with E-state index in [4.69, 9.17) is 19.8 Å². The van der Waals surface area contributed by atoms with E-state index >= 15 is 0 Å². The molecule has 2 aliphatic heterocycles. The lowest BCUT2D eigenvalue weighted by molar-refractivity contribution is -0.193. The van der Waals surface area contributed by atoms with Crippen molar-refractivity contribution in [2.24, 2.45) is 5.92 Å². The number of rotatable bonds is 3. The summed E-state index contributed by atoms with van der Waals surface area (Å²) < 4.78 is 63.5. The van der Waals surface area contributed by atoms with E-state index in [-0.39, 0.29) is 11.9 Å². The molecule has 8 nitrogen and oxygen atoms in total. The number of nitrogens with one attached hydrogen (secondary N) is 1. The van der Waals surface area contributed by atoms with Gasteiger partial charge in [0, 0.05) is 32.7 Å².